The summed E-state index contributed by atoms with van der Waals surface area (Å²) in [5.74, 6) is 0.988. The number of nitrogens with zero attached hydrogens (tertiary/aromatic N) is 1. The summed E-state index contributed by atoms with van der Waals surface area (Å²) in [7, 11) is -0.484. The van der Waals surface area contributed by atoms with Crippen molar-refractivity contribution in [3.05, 3.63) is 48.4 Å². The van der Waals surface area contributed by atoms with Gasteiger partial charge in [0.2, 0.25) is 10.0 Å². The van der Waals surface area contributed by atoms with Crippen LogP contribution in [0.1, 0.15) is 12.8 Å². The van der Waals surface area contributed by atoms with Gasteiger partial charge >= 0.3 is 0 Å². The molecule has 1 aliphatic carbocycles. The molecule has 0 unspecified atom stereocenters. The highest BCUT2D eigenvalue weighted by Gasteiger charge is 2.36. The Balaban J connectivity index is 1.63. The molecule has 1 aliphatic rings. The third-order valence-electron chi connectivity index (χ3n) is 4.59. The van der Waals surface area contributed by atoms with E-state index in [1.165, 1.54) is 26.4 Å². The molecule has 152 valence electrons. The van der Waals surface area contributed by atoms with Crippen molar-refractivity contribution in [1.82, 2.24) is 4.98 Å². The second-order valence-electron chi connectivity index (χ2n) is 6.62. The van der Waals surface area contributed by atoms with Gasteiger partial charge < -0.3 is 14.2 Å². The Morgan fingerprint density at radius 2 is 1.76 bits per heavy atom. The Morgan fingerprint density at radius 1 is 1.03 bits per heavy atom. The maximum Gasteiger partial charge on any atom is 0.235 e. The zero-order valence-corrected chi connectivity index (χ0v) is 16.6. The molecular formula is C20H19FN2O5S. The molecule has 9 heteroatoms. The molecule has 0 atom stereocenters. The summed E-state index contributed by atoms with van der Waals surface area (Å²) in [6.45, 7) is 0. The Morgan fingerprint density at radius 3 is 2.41 bits per heavy atom. The Labute approximate surface area is 167 Å². The minimum absolute atomic E-state index is 0.102. The fraction of sp³-hybridized carbons (Fsp3) is 0.250. The van der Waals surface area contributed by atoms with Gasteiger partial charge in [0, 0.05) is 23.7 Å². The van der Waals surface area contributed by atoms with Gasteiger partial charge in [0.05, 0.1) is 30.7 Å². The summed E-state index contributed by atoms with van der Waals surface area (Å²) < 4.78 is 57.2. The van der Waals surface area contributed by atoms with E-state index in [1.807, 2.05) is 0 Å². The van der Waals surface area contributed by atoms with Gasteiger partial charge in [-0.2, -0.15) is 0 Å². The Bertz CT molecular complexity index is 1180. The first-order valence-electron chi connectivity index (χ1n) is 8.91. The first-order chi connectivity index (χ1) is 13.9. The van der Waals surface area contributed by atoms with Crippen LogP contribution in [0.15, 0.2) is 42.6 Å². The molecule has 0 saturated heterocycles. The van der Waals surface area contributed by atoms with E-state index >= 15 is 0 Å². The fourth-order valence-corrected chi connectivity index (χ4v) is 4.32. The standard InChI is InChI=1S/C20H19FN2O5S/c1-26-19-10-14-17(11-20(19)27-2)22-8-7-18(14)28-12-3-6-16(15(21)9-12)23-29(24,25)13-4-5-13/h3,6-11,13,23H,4-5H2,1-2H3. The zero-order chi connectivity index (χ0) is 20.6. The molecule has 0 aliphatic heterocycles. The SMILES string of the molecule is COc1cc2nccc(Oc3ccc(NS(=O)(=O)C4CC4)c(F)c3)c2cc1OC. The number of hydrogen-bond acceptors (Lipinski definition) is 6. The summed E-state index contributed by atoms with van der Waals surface area (Å²) in [5, 5.41) is 0.219. The van der Waals surface area contributed by atoms with Crippen molar-refractivity contribution in [2.45, 2.75) is 18.1 Å². The molecule has 1 saturated carbocycles. The molecule has 0 spiro atoms. The van der Waals surface area contributed by atoms with Crippen molar-refractivity contribution < 1.29 is 27.0 Å². The second-order valence-corrected chi connectivity index (χ2v) is 8.58. The summed E-state index contributed by atoms with van der Waals surface area (Å²) in [5.41, 5.74) is 0.518. The number of rotatable bonds is 7. The predicted molar refractivity (Wildman–Crippen MR) is 107 cm³/mol. The maximum atomic E-state index is 14.4. The van der Waals surface area contributed by atoms with Crippen LogP contribution >= 0.6 is 0 Å². The summed E-state index contributed by atoms with van der Waals surface area (Å²) in [6.07, 6.45) is 2.76. The fourth-order valence-electron chi connectivity index (χ4n) is 2.92. The second kappa shape index (κ2) is 7.40. The minimum Gasteiger partial charge on any atom is -0.493 e. The average molecular weight is 418 g/mol. The van der Waals surface area contributed by atoms with Crippen LogP contribution in [0.2, 0.25) is 0 Å². The van der Waals surface area contributed by atoms with Crippen molar-refractivity contribution in [3.8, 4) is 23.0 Å². The molecular weight excluding hydrogens is 399 g/mol. The van der Waals surface area contributed by atoms with E-state index in [4.69, 9.17) is 14.2 Å². The third kappa shape index (κ3) is 3.91. The van der Waals surface area contributed by atoms with E-state index < -0.39 is 21.1 Å². The van der Waals surface area contributed by atoms with Gasteiger partial charge in [0.1, 0.15) is 11.5 Å². The number of aromatic nitrogens is 1. The van der Waals surface area contributed by atoms with Crippen LogP contribution in [0.25, 0.3) is 10.9 Å². The van der Waals surface area contributed by atoms with Crippen molar-refractivity contribution in [2.75, 3.05) is 18.9 Å². The van der Waals surface area contributed by atoms with E-state index in [0.717, 1.165) is 6.07 Å². The van der Waals surface area contributed by atoms with Gasteiger partial charge in [-0.15, -0.1) is 0 Å². The van der Waals surface area contributed by atoms with Crippen molar-refractivity contribution in [1.29, 1.82) is 0 Å². The Kier molecular flexibility index (Phi) is 4.91. The molecule has 3 aromatic rings. The van der Waals surface area contributed by atoms with Crippen LogP contribution in [0.3, 0.4) is 0 Å². The Hall–Kier alpha value is -3.07. The zero-order valence-electron chi connectivity index (χ0n) is 15.8. The molecule has 4 rings (SSSR count). The van der Waals surface area contributed by atoms with E-state index in [2.05, 4.69) is 9.71 Å². The summed E-state index contributed by atoms with van der Waals surface area (Å²) in [6, 6.07) is 9.08. The van der Waals surface area contributed by atoms with Crippen LogP contribution < -0.4 is 18.9 Å². The number of anilines is 1. The summed E-state index contributed by atoms with van der Waals surface area (Å²) >= 11 is 0. The molecule has 0 amide bonds. The summed E-state index contributed by atoms with van der Waals surface area (Å²) in [4.78, 5) is 4.30. The molecule has 1 heterocycles. The number of ether oxygens (including phenoxy) is 3. The van der Waals surface area contributed by atoms with Crippen LogP contribution in [-0.2, 0) is 10.0 Å². The molecule has 0 bridgehead atoms. The van der Waals surface area contributed by atoms with Crippen LogP contribution in [0, 0.1) is 5.82 Å². The highest BCUT2D eigenvalue weighted by atomic mass is 32.2. The maximum absolute atomic E-state index is 14.4. The number of benzene rings is 2. The van der Waals surface area contributed by atoms with Crippen molar-refractivity contribution >= 4 is 26.6 Å². The molecule has 2 aromatic carbocycles. The van der Waals surface area contributed by atoms with Crippen molar-refractivity contribution in [2.24, 2.45) is 0 Å². The van der Waals surface area contributed by atoms with E-state index in [-0.39, 0.29) is 11.4 Å². The van der Waals surface area contributed by atoms with Gasteiger partial charge in [-0.1, -0.05) is 0 Å². The van der Waals surface area contributed by atoms with Crippen LogP contribution in [-0.4, -0.2) is 32.9 Å². The van der Waals surface area contributed by atoms with E-state index in [9.17, 15) is 12.8 Å². The van der Waals surface area contributed by atoms with E-state index in [0.29, 0.717) is 41.0 Å². The topological polar surface area (TPSA) is 86.8 Å². The van der Waals surface area contributed by atoms with E-state index in [1.54, 1.807) is 24.4 Å². The lowest BCUT2D eigenvalue weighted by molar-refractivity contribution is 0.355. The molecule has 1 N–H and O–H groups in total. The molecule has 1 fully saturated rings. The van der Waals surface area contributed by atoms with Crippen LogP contribution in [0.5, 0.6) is 23.0 Å². The third-order valence-corrected chi connectivity index (χ3v) is 6.44. The molecule has 0 radical (unpaired) electrons. The lowest BCUT2D eigenvalue weighted by Crippen LogP contribution is -2.18. The van der Waals surface area contributed by atoms with Gasteiger partial charge in [-0.25, -0.2) is 12.8 Å². The number of halogens is 1. The number of fused-ring (bicyclic) bond motifs is 1. The quantitative estimate of drug-likeness (QED) is 0.622. The lowest BCUT2D eigenvalue weighted by Gasteiger charge is -2.13. The molecule has 7 nitrogen and oxygen atoms in total. The first kappa shape index (κ1) is 19.3. The number of methoxy groups -OCH3 is 2. The number of pyridine rings is 1. The normalized spacial score (nSPS) is 13.9. The minimum atomic E-state index is -3.54. The molecule has 1 aromatic heterocycles. The van der Waals surface area contributed by atoms with Gasteiger partial charge in [0.15, 0.2) is 17.3 Å². The highest BCUT2D eigenvalue weighted by molar-refractivity contribution is 7.93. The van der Waals surface area contributed by atoms with Gasteiger partial charge in [0.25, 0.3) is 0 Å². The lowest BCUT2D eigenvalue weighted by atomic mass is 10.2. The van der Waals surface area contributed by atoms with Crippen LogP contribution in [0.4, 0.5) is 10.1 Å². The van der Waals surface area contributed by atoms with Gasteiger partial charge in [-0.05, 0) is 37.1 Å². The largest absolute Gasteiger partial charge is 0.493 e. The van der Waals surface area contributed by atoms with Crippen molar-refractivity contribution in [3.63, 3.8) is 0 Å². The highest BCUT2D eigenvalue weighted by Crippen LogP contribution is 2.37. The predicted octanol–water partition coefficient (Wildman–Crippen LogP) is 4.09. The smallest absolute Gasteiger partial charge is 0.235 e. The number of sulfonamides is 1. The number of nitrogens with one attached hydrogen (secondary N) is 1. The van der Waals surface area contributed by atoms with Gasteiger partial charge in [-0.3, -0.25) is 9.71 Å². The number of hydrogen-bond donors (Lipinski definition) is 1. The monoisotopic (exact) mass is 418 g/mol. The average Bonchev–Trinajstić information content (AvgIpc) is 3.55. The first-order valence-corrected chi connectivity index (χ1v) is 10.5. The molecule has 29 heavy (non-hydrogen) atoms.